The number of carbonyl (C=O) groups excluding carboxylic acids is 2. The lowest BCUT2D eigenvalue weighted by atomic mass is 9.95. The lowest BCUT2D eigenvalue weighted by Crippen LogP contribution is -2.51. The van der Waals surface area contributed by atoms with Gasteiger partial charge in [-0.15, -0.1) is 0 Å². The lowest BCUT2D eigenvalue weighted by Gasteiger charge is -2.26. The van der Waals surface area contributed by atoms with E-state index in [0.717, 1.165) is 5.56 Å². The Morgan fingerprint density at radius 2 is 1.88 bits per heavy atom. The Morgan fingerprint density at radius 1 is 1.15 bits per heavy atom. The van der Waals surface area contributed by atoms with E-state index in [1.165, 1.54) is 6.26 Å². The van der Waals surface area contributed by atoms with Crippen LogP contribution in [0.1, 0.15) is 35.9 Å². The highest BCUT2D eigenvalue weighted by atomic mass is 16.3. The summed E-state index contributed by atoms with van der Waals surface area (Å²) in [5.74, 6) is -0.232. The first-order chi connectivity index (χ1) is 12.5. The number of hydrogen-bond donors (Lipinski definition) is 2. The Labute approximate surface area is 153 Å². The SMILES string of the molecule is CC(C)C(NC(=O)c1ccco1)C(=O)N1C[C@@H](N)[C@H](c2ccccc2)C1. The van der Waals surface area contributed by atoms with Crippen LogP contribution >= 0.6 is 0 Å². The van der Waals surface area contributed by atoms with Crippen molar-refractivity contribution in [1.82, 2.24) is 10.2 Å². The summed E-state index contributed by atoms with van der Waals surface area (Å²) in [6.45, 7) is 4.87. The van der Waals surface area contributed by atoms with Crippen LogP contribution in [-0.4, -0.2) is 41.9 Å². The maximum absolute atomic E-state index is 13.0. The summed E-state index contributed by atoms with van der Waals surface area (Å²) in [6, 6.07) is 12.5. The highest BCUT2D eigenvalue weighted by Crippen LogP contribution is 2.27. The minimum Gasteiger partial charge on any atom is -0.459 e. The van der Waals surface area contributed by atoms with Crippen molar-refractivity contribution in [1.29, 1.82) is 0 Å². The van der Waals surface area contributed by atoms with Gasteiger partial charge in [-0.1, -0.05) is 44.2 Å². The molecule has 138 valence electrons. The number of furan rings is 1. The van der Waals surface area contributed by atoms with E-state index in [-0.39, 0.29) is 35.5 Å². The Morgan fingerprint density at radius 3 is 2.50 bits per heavy atom. The summed E-state index contributed by atoms with van der Waals surface area (Å²) in [5, 5.41) is 2.80. The third-order valence-corrected chi connectivity index (χ3v) is 4.87. The molecule has 0 radical (unpaired) electrons. The van der Waals surface area contributed by atoms with Gasteiger partial charge in [-0.2, -0.15) is 0 Å². The molecule has 0 spiro atoms. The number of rotatable bonds is 5. The first-order valence-electron chi connectivity index (χ1n) is 8.91. The molecule has 1 fully saturated rings. The smallest absolute Gasteiger partial charge is 0.287 e. The maximum atomic E-state index is 13.0. The molecular formula is C20H25N3O3. The summed E-state index contributed by atoms with van der Waals surface area (Å²) < 4.78 is 5.12. The van der Waals surface area contributed by atoms with Gasteiger partial charge >= 0.3 is 0 Å². The number of nitrogens with zero attached hydrogens (tertiary/aromatic N) is 1. The number of nitrogens with one attached hydrogen (secondary N) is 1. The molecule has 2 aromatic rings. The molecule has 2 amide bonds. The van der Waals surface area contributed by atoms with Gasteiger partial charge in [0.15, 0.2) is 5.76 Å². The van der Waals surface area contributed by atoms with E-state index in [1.807, 2.05) is 44.2 Å². The Hall–Kier alpha value is -2.60. The molecule has 3 atom stereocenters. The average molecular weight is 355 g/mol. The van der Waals surface area contributed by atoms with E-state index in [4.69, 9.17) is 10.2 Å². The minimum absolute atomic E-state index is 0.0478. The van der Waals surface area contributed by atoms with Crippen molar-refractivity contribution in [3.05, 3.63) is 60.1 Å². The van der Waals surface area contributed by atoms with Gasteiger partial charge in [0.25, 0.3) is 5.91 Å². The Balaban J connectivity index is 1.71. The van der Waals surface area contributed by atoms with Crippen LogP contribution in [0.15, 0.2) is 53.1 Å². The van der Waals surface area contributed by atoms with Gasteiger partial charge in [-0.05, 0) is 23.6 Å². The zero-order valence-corrected chi connectivity index (χ0v) is 15.1. The number of amides is 2. The molecule has 1 aliphatic rings. The lowest BCUT2D eigenvalue weighted by molar-refractivity contribution is -0.133. The molecule has 1 saturated heterocycles. The first-order valence-corrected chi connectivity index (χ1v) is 8.91. The number of nitrogens with two attached hydrogens (primary N) is 1. The third kappa shape index (κ3) is 3.80. The van der Waals surface area contributed by atoms with Crippen LogP contribution in [-0.2, 0) is 4.79 Å². The molecule has 0 aliphatic carbocycles. The molecule has 0 bridgehead atoms. The quantitative estimate of drug-likeness (QED) is 0.858. The van der Waals surface area contributed by atoms with Crippen LogP contribution in [0.4, 0.5) is 0 Å². The van der Waals surface area contributed by atoms with Crippen molar-refractivity contribution < 1.29 is 14.0 Å². The van der Waals surface area contributed by atoms with Crippen molar-refractivity contribution in [3.63, 3.8) is 0 Å². The van der Waals surface area contributed by atoms with Crippen LogP contribution in [0.5, 0.6) is 0 Å². The molecule has 0 saturated carbocycles. The number of likely N-dealkylation sites (tertiary alicyclic amines) is 1. The molecule has 2 heterocycles. The van der Waals surface area contributed by atoms with Gasteiger partial charge < -0.3 is 20.4 Å². The largest absolute Gasteiger partial charge is 0.459 e. The number of hydrogen-bond acceptors (Lipinski definition) is 4. The van der Waals surface area contributed by atoms with Crippen LogP contribution in [0, 0.1) is 5.92 Å². The fourth-order valence-electron chi connectivity index (χ4n) is 3.39. The first kappa shape index (κ1) is 18.2. The van der Waals surface area contributed by atoms with Gasteiger partial charge in [0.1, 0.15) is 6.04 Å². The summed E-state index contributed by atoms with van der Waals surface area (Å²) in [4.78, 5) is 27.1. The van der Waals surface area contributed by atoms with Crippen molar-refractivity contribution in [2.45, 2.75) is 31.8 Å². The molecular weight excluding hydrogens is 330 g/mol. The van der Waals surface area contributed by atoms with Crippen molar-refractivity contribution >= 4 is 11.8 Å². The zero-order chi connectivity index (χ0) is 18.7. The van der Waals surface area contributed by atoms with Crippen LogP contribution in [0.25, 0.3) is 0 Å². The highest BCUT2D eigenvalue weighted by Gasteiger charge is 2.38. The summed E-state index contributed by atoms with van der Waals surface area (Å²) in [6.07, 6.45) is 1.44. The second-order valence-corrected chi connectivity index (χ2v) is 7.10. The second-order valence-electron chi connectivity index (χ2n) is 7.10. The monoisotopic (exact) mass is 355 g/mol. The third-order valence-electron chi connectivity index (χ3n) is 4.87. The zero-order valence-electron chi connectivity index (χ0n) is 15.1. The van der Waals surface area contributed by atoms with Crippen molar-refractivity contribution in [2.75, 3.05) is 13.1 Å². The maximum Gasteiger partial charge on any atom is 0.287 e. The second kappa shape index (κ2) is 7.74. The van der Waals surface area contributed by atoms with E-state index in [2.05, 4.69) is 5.32 Å². The normalized spacial score (nSPS) is 21.0. The fourth-order valence-corrected chi connectivity index (χ4v) is 3.39. The minimum atomic E-state index is -0.616. The Kier molecular flexibility index (Phi) is 5.42. The molecule has 1 aromatic carbocycles. The predicted octanol–water partition coefficient (Wildman–Crippen LogP) is 1.99. The molecule has 1 aromatic heterocycles. The molecule has 1 aliphatic heterocycles. The number of benzene rings is 1. The number of carbonyl (C=O) groups is 2. The molecule has 3 rings (SSSR count). The standard InChI is InChI=1S/C20H25N3O3/c1-13(2)18(22-19(24)17-9-6-10-26-17)20(25)23-11-15(16(21)12-23)14-7-4-3-5-8-14/h3-10,13,15-16,18H,11-12,21H2,1-2H3,(H,22,24)/t15-,16+,18?/m0/s1. The van der Waals surface area contributed by atoms with Crippen molar-refractivity contribution in [2.24, 2.45) is 11.7 Å². The van der Waals surface area contributed by atoms with Crippen LogP contribution in [0.2, 0.25) is 0 Å². The van der Waals surface area contributed by atoms with E-state index < -0.39 is 6.04 Å². The van der Waals surface area contributed by atoms with Gasteiger partial charge in [0.2, 0.25) is 5.91 Å². The van der Waals surface area contributed by atoms with Gasteiger partial charge in [0, 0.05) is 25.0 Å². The van der Waals surface area contributed by atoms with Gasteiger partial charge in [-0.3, -0.25) is 9.59 Å². The van der Waals surface area contributed by atoms with E-state index in [9.17, 15) is 9.59 Å². The Bertz CT molecular complexity index is 743. The predicted molar refractivity (Wildman–Crippen MR) is 98.5 cm³/mol. The van der Waals surface area contributed by atoms with Crippen LogP contribution < -0.4 is 11.1 Å². The molecule has 26 heavy (non-hydrogen) atoms. The molecule has 6 nitrogen and oxygen atoms in total. The summed E-state index contributed by atoms with van der Waals surface area (Å²) >= 11 is 0. The van der Waals surface area contributed by atoms with Gasteiger partial charge in [-0.25, -0.2) is 0 Å². The van der Waals surface area contributed by atoms with Crippen LogP contribution in [0.3, 0.4) is 0 Å². The van der Waals surface area contributed by atoms with E-state index in [0.29, 0.717) is 13.1 Å². The molecule has 6 heteroatoms. The van der Waals surface area contributed by atoms with E-state index in [1.54, 1.807) is 17.0 Å². The highest BCUT2D eigenvalue weighted by molar-refractivity contribution is 5.95. The average Bonchev–Trinajstić information content (AvgIpc) is 3.29. The van der Waals surface area contributed by atoms with Gasteiger partial charge in [0.05, 0.1) is 6.26 Å². The summed E-state index contributed by atoms with van der Waals surface area (Å²) in [7, 11) is 0. The summed E-state index contributed by atoms with van der Waals surface area (Å²) in [5.41, 5.74) is 7.43. The van der Waals surface area contributed by atoms with E-state index >= 15 is 0 Å². The molecule has 3 N–H and O–H groups in total. The van der Waals surface area contributed by atoms with Crippen molar-refractivity contribution in [3.8, 4) is 0 Å². The topological polar surface area (TPSA) is 88.6 Å². The molecule has 1 unspecified atom stereocenters. The fraction of sp³-hybridized carbons (Fsp3) is 0.400.